The topological polar surface area (TPSA) is 46.3 Å². The normalized spacial score (nSPS) is 16.2. The maximum atomic E-state index is 13.8. The summed E-state index contributed by atoms with van der Waals surface area (Å²) in [5, 5.41) is 0. The van der Waals surface area contributed by atoms with Gasteiger partial charge in [-0.3, -0.25) is 4.79 Å². The van der Waals surface area contributed by atoms with Crippen molar-refractivity contribution in [3.8, 4) is 0 Å². The Balaban J connectivity index is 0.00000242. The summed E-state index contributed by atoms with van der Waals surface area (Å²) in [5.74, 6) is -1.66. The van der Waals surface area contributed by atoms with Crippen LogP contribution in [0.4, 0.5) is 8.78 Å². The summed E-state index contributed by atoms with van der Waals surface area (Å²) in [6.45, 7) is 1.97. The van der Waals surface area contributed by atoms with Crippen LogP contribution in [0.2, 0.25) is 0 Å². The average molecular weight is 333 g/mol. The second-order valence-electron chi connectivity index (χ2n) is 5.74. The smallest absolute Gasteiger partial charge is 0.227 e. The molecule has 0 spiro atoms. The molecular formula is C16H23ClF2N2O. The summed E-state index contributed by atoms with van der Waals surface area (Å²) in [7, 11) is 0. The molecule has 3 nitrogen and oxygen atoms in total. The molecule has 0 bridgehead atoms. The Hall–Kier alpha value is -1.20. The van der Waals surface area contributed by atoms with Crippen LogP contribution in [0.25, 0.3) is 0 Å². The summed E-state index contributed by atoms with van der Waals surface area (Å²) < 4.78 is 27.7. The molecule has 1 aromatic rings. The zero-order valence-electron chi connectivity index (χ0n) is 12.7. The highest BCUT2D eigenvalue weighted by atomic mass is 35.5. The number of hydrogen-bond donors (Lipinski definition) is 1. The molecule has 1 fully saturated rings. The molecule has 1 aliphatic rings. The van der Waals surface area contributed by atoms with Gasteiger partial charge in [0.05, 0.1) is 6.54 Å². The van der Waals surface area contributed by atoms with Crippen LogP contribution in [0.15, 0.2) is 18.2 Å². The van der Waals surface area contributed by atoms with Crippen LogP contribution in [0.1, 0.15) is 38.2 Å². The van der Waals surface area contributed by atoms with Crippen molar-refractivity contribution < 1.29 is 13.6 Å². The van der Waals surface area contributed by atoms with Crippen LogP contribution in [0, 0.1) is 17.6 Å². The van der Waals surface area contributed by atoms with Gasteiger partial charge in [-0.2, -0.15) is 0 Å². The monoisotopic (exact) mass is 332 g/mol. The molecule has 1 aromatic carbocycles. The van der Waals surface area contributed by atoms with Crippen LogP contribution in [0.5, 0.6) is 0 Å². The summed E-state index contributed by atoms with van der Waals surface area (Å²) >= 11 is 0. The predicted molar refractivity (Wildman–Crippen MR) is 84.6 cm³/mol. The quantitative estimate of drug-likeness (QED) is 0.899. The largest absolute Gasteiger partial charge is 0.335 e. The lowest BCUT2D eigenvalue weighted by Crippen LogP contribution is -2.43. The van der Waals surface area contributed by atoms with Crippen LogP contribution in [-0.2, 0) is 11.3 Å². The van der Waals surface area contributed by atoms with Crippen molar-refractivity contribution in [3.05, 3.63) is 35.4 Å². The van der Waals surface area contributed by atoms with Gasteiger partial charge in [-0.15, -0.1) is 12.4 Å². The summed E-state index contributed by atoms with van der Waals surface area (Å²) in [6.07, 6.45) is 3.87. The number of amides is 1. The third-order valence-electron chi connectivity index (χ3n) is 4.21. The van der Waals surface area contributed by atoms with Gasteiger partial charge in [0.2, 0.25) is 5.91 Å². The first-order valence-electron chi connectivity index (χ1n) is 7.48. The van der Waals surface area contributed by atoms with Gasteiger partial charge >= 0.3 is 0 Å². The molecule has 2 rings (SSSR count). The third kappa shape index (κ3) is 4.17. The zero-order valence-corrected chi connectivity index (χ0v) is 13.5. The minimum atomic E-state index is -0.605. The van der Waals surface area contributed by atoms with E-state index in [4.69, 9.17) is 5.73 Å². The van der Waals surface area contributed by atoms with Gasteiger partial charge in [0.15, 0.2) is 0 Å². The first kappa shape index (κ1) is 18.8. The number of halogens is 3. The number of rotatable bonds is 5. The lowest BCUT2D eigenvalue weighted by molar-refractivity contribution is -0.137. The highest BCUT2D eigenvalue weighted by Crippen LogP contribution is 2.27. The zero-order chi connectivity index (χ0) is 15.4. The Morgan fingerprint density at radius 3 is 2.36 bits per heavy atom. The molecule has 1 unspecified atom stereocenters. The molecule has 1 saturated carbocycles. The first-order chi connectivity index (χ1) is 10.0. The number of hydrogen-bond acceptors (Lipinski definition) is 2. The predicted octanol–water partition coefficient (Wildman–Crippen LogP) is 3.25. The maximum absolute atomic E-state index is 13.8. The third-order valence-corrected chi connectivity index (χ3v) is 4.21. The fourth-order valence-electron chi connectivity index (χ4n) is 2.84. The Labute approximate surface area is 136 Å². The molecular weight excluding hydrogens is 310 g/mol. The van der Waals surface area contributed by atoms with E-state index in [1.807, 2.05) is 0 Å². The van der Waals surface area contributed by atoms with Gasteiger partial charge in [-0.1, -0.05) is 25.8 Å². The van der Waals surface area contributed by atoms with E-state index in [0.29, 0.717) is 0 Å². The lowest BCUT2D eigenvalue weighted by atomic mass is 10.1. The summed E-state index contributed by atoms with van der Waals surface area (Å²) in [5.41, 5.74) is 5.53. The lowest BCUT2D eigenvalue weighted by Gasteiger charge is -2.31. The molecule has 0 radical (unpaired) electrons. The fourth-order valence-corrected chi connectivity index (χ4v) is 2.84. The van der Waals surface area contributed by atoms with Gasteiger partial charge in [-0.05, 0) is 25.0 Å². The molecule has 1 atom stereocenters. The van der Waals surface area contributed by atoms with Crippen LogP contribution >= 0.6 is 12.4 Å². The number of carbonyl (C=O) groups is 1. The fraction of sp³-hybridized carbons (Fsp3) is 0.562. The first-order valence-corrected chi connectivity index (χ1v) is 7.48. The molecule has 6 heteroatoms. The molecule has 22 heavy (non-hydrogen) atoms. The number of nitrogens with zero attached hydrogens (tertiary/aromatic N) is 1. The van der Waals surface area contributed by atoms with Crippen molar-refractivity contribution in [3.63, 3.8) is 0 Å². The molecule has 124 valence electrons. The Kier molecular flexibility index (Phi) is 7.23. The molecule has 0 saturated heterocycles. The van der Waals surface area contributed by atoms with Crippen molar-refractivity contribution in [2.24, 2.45) is 11.7 Å². The number of nitrogens with two attached hydrogens (primary N) is 1. The Morgan fingerprint density at radius 1 is 1.32 bits per heavy atom. The van der Waals surface area contributed by atoms with E-state index >= 15 is 0 Å². The molecule has 0 aliphatic heterocycles. The van der Waals surface area contributed by atoms with E-state index in [2.05, 4.69) is 0 Å². The van der Waals surface area contributed by atoms with Crippen LogP contribution < -0.4 is 5.73 Å². The van der Waals surface area contributed by atoms with E-state index in [1.54, 1.807) is 11.8 Å². The van der Waals surface area contributed by atoms with Crippen molar-refractivity contribution in [2.75, 3.05) is 6.54 Å². The van der Waals surface area contributed by atoms with Gasteiger partial charge in [0.1, 0.15) is 11.6 Å². The van der Waals surface area contributed by atoms with Gasteiger partial charge in [0.25, 0.3) is 0 Å². The SMILES string of the molecule is CC(CN)C(=O)N(Cc1c(F)cccc1F)C1CCCC1.Cl. The van der Waals surface area contributed by atoms with E-state index in [9.17, 15) is 13.6 Å². The average Bonchev–Trinajstić information content (AvgIpc) is 2.99. The summed E-state index contributed by atoms with van der Waals surface area (Å²) in [6, 6.07) is 3.84. The molecule has 1 amide bonds. The second kappa shape index (κ2) is 8.44. The second-order valence-corrected chi connectivity index (χ2v) is 5.74. The van der Waals surface area contributed by atoms with Crippen molar-refractivity contribution in [2.45, 2.75) is 45.2 Å². The standard InChI is InChI=1S/C16H22F2N2O.ClH/c1-11(9-19)16(21)20(12-5-2-3-6-12)10-13-14(17)7-4-8-15(13)18;/h4,7-8,11-12H,2-3,5-6,9-10,19H2,1H3;1H. The maximum Gasteiger partial charge on any atom is 0.227 e. The molecule has 0 aromatic heterocycles. The molecule has 1 aliphatic carbocycles. The van der Waals surface area contributed by atoms with Crippen LogP contribution in [-0.4, -0.2) is 23.4 Å². The summed E-state index contributed by atoms with van der Waals surface area (Å²) in [4.78, 5) is 14.1. The number of carbonyl (C=O) groups excluding carboxylic acids is 1. The van der Waals surface area contributed by atoms with Gasteiger partial charge < -0.3 is 10.6 Å². The van der Waals surface area contributed by atoms with E-state index in [-0.39, 0.29) is 48.9 Å². The Morgan fingerprint density at radius 2 is 1.86 bits per heavy atom. The molecule has 0 heterocycles. The number of benzene rings is 1. The minimum absolute atomic E-state index is 0. The van der Waals surface area contributed by atoms with E-state index < -0.39 is 11.6 Å². The van der Waals surface area contributed by atoms with E-state index in [1.165, 1.54) is 18.2 Å². The van der Waals surface area contributed by atoms with Gasteiger partial charge in [0, 0.05) is 24.1 Å². The highest BCUT2D eigenvalue weighted by molar-refractivity contribution is 5.85. The van der Waals surface area contributed by atoms with Crippen molar-refractivity contribution >= 4 is 18.3 Å². The van der Waals surface area contributed by atoms with Crippen molar-refractivity contribution in [1.82, 2.24) is 4.90 Å². The molecule has 2 N–H and O–H groups in total. The minimum Gasteiger partial charge on any atom is -0.335 e. The van der Waals surface area contributed by atoms with Gasteiger partial charge in [-0.25, -0.2) is 8.78 Å². The highest BCUT2D eigenvalue weighted by Gasteiger charge is 2.30. The van der Waals surface area contributed by atoms with E-state index in [0.717, 1.165) is 25.7 Å². The van der Waals surface area contributed by atoms with Crippen molar-refractivity contribution in [1.29, 1.82) is 0 Å². The van der Waals surface area contributed by atoms with Crippen LogP contribution in [0.3, 0.4) is 0 Å². The Bertz CT molecular complexity index is 487.